The fourth-order valence-corrected chi connectivity index (χ4v) is 2.83. The average Bonchev–Trinajstić information content (AvgIpc) is 2.61. The van der Waals surface area contributed by atoms with Crippen molar-refractivity contribution in [2.24, 2.45) is 4.99 Å². The van der Waals surface area contributed by atoms with Crippen LogP contribution >= 0.6 is 0 Å². The Bertz CT molecular complexity index is 913. The van der Waals surface area contributed by atoms with E-state index in [-0.39, 0.29) is 0 Å². The lowest BCUT2D eigenvalue weighted by Crippen LogP contribution is -2.08. The third kappa shape index (κ3) is 5.58. The van der Waals surface area contributed by atoms with Crippen molar-refractivity contribution in [1.82, 2.24) is 0 Å². The molecule has 0 spiro atoms. The molecule has 0 unspecified atom stereocenters. The molecule has 2 rings (SSSR count). The van der Waals surface area contributed by atoms with Gasteiger partial charge in [0.2, 0.25) is 0 Å². The normalized spacial score (nSPS) is 11.7. The highest BCUT2D eigenvalue weighted by Crippen LogP contribution is 2.25. The average molecular weight is 359 g/mol. The number of nitrogens with zero attached hydrogens (tertiary/aromatic N) is 2. The van der Waals surface area contributed by atoms with E-state index >= 15 is 0 Å². The molecule has 0 fully saturated rings. The smallest absolute Gasteiger partial charge is 0.137 e. The van der Waals surface area contributed by atoms with Gasteiger partial charge in [0.25, 0.3) is 0 Å². The number of aliphatic imine (C=N–C) groups is 1. The Labute approximate surface area is 161 Å². The number of aryl methyl sites for hydroxylation is 2. The van der Waals surface area contributed by atoms with Gasteiger partial charge in [-0.2, -0.15) is 5.26 Å². The van der Waals surface area contributed by atoms with E-state index in [1.807, 2.05) is 26.0 Å². The zero-order valence-corrected chi connectivity index (χ0v) is 16.3. The van der Waals surface area contributed by atoms with Crippen LogP contribution in [0, 0.1) is 25.2 Å². The maximum absolute atomic E-state index is 9.39. The third-order valence-corrected chi connectivity index (χ3v) is 3.81. The Morgan fingerprint density at radius 2 is 1.93 bits per heavy atom. The Hall–Kier alpha value is -3.32. The molecule has 1 N–H and O–H groups in total. The fourth-order valence-electron chi connectivity index (χ4n) is 2.83. The lowest BCUT2D eigenvalue weighted by atomic mass is 10.1. The molecule has 0 aliphatic carbocycles. The molecule has 2 aromatic rings. The maximum atomic E-state index is 9.39. The minimum absolute atomic E-state index is 0.486. The van der Waals surface area contributed by atoms with E-state index in [4.69, 9.17) is 4.74 Å². The number of ether oxygens (including phenoxy) is 1. The first-order valence-electron chi connectivity index (χ1n) is 8.87. The van der Waals surface area contributed by atoms with Crippen LogP contribution in [0.2, 0.25) is 0 Å². The quantitative estimate of drug-likeness (QED) is 0.413. The Balaban J connectivity index is 2.34. The molecule has 0 aliphatic rings. The van der Waals surface area contributed by atoms with Crippen LogP contribution in [0.4, 0.5) is 5.69 Å². The monoisotopic (exact) mass is 359 g/mol. The molecule has 0 amide bonds. The topological polar surface area (TPSA) is 57.4 Å². The predicted octanol–water partition coefficient (Wildman–Crippen LogP) is 5.63. The lowest BCUT2D eigenvalue weighted by molar-refractivity contribution is 0.339. The standard InChI is InChI=1S/C23H25N3O/c1-6-8-22(19-9-10-23(27-7-2)20(14-19)15-24)26-18(5)25-21-12-16(3)11-17(4)13-21/h6,8-14H,1,7H2,2-5H3,(H,25,26)/b22-8-. The summed E-state index contributed by atoms with van der Waals surface area (Å²) in [6, 6.07) is 13.9. The molecule has 0 heterocycles. The molecule has 27 heavy (non-hydrogen) atoms. The highest BCUT2D eigenvalue weighted by atomic mass is 16.5. The van der Waals surface area contributed by atoms with E-state index in [0.717, 1.165) is 22.8 Å². The van der Waals surface area contributed by atoms with Crippen molar-refractivity contribution in [3.8, 4) is 11.8 Å². The van der Waals surface area contributed by atoms with E-state index in [1.165, 1.54) is 11.1 Å². The highest BCUT2D eigenvalue weighted by molar-refractivity contribution is 5.97. The molecular weight excluding hydrogens is 334 g/mol. The SMILES string of the molecule is C=C/C=C(\N=C(C)Nc1cc(C)cc(C)c1)c1ccc(OCC)c(C#N)c1. The number of nitrogens with one attached hydrogen (secondary N) is 1. The molecule has 4 heteroatoms. The minimum atomic E-state index is 0.486. The van der Waals surface area contributed by atoms with Gasteiger partial charge in [-0.05, 0) is 75.2 Å². The molecule has 2 aromatic carbocycles. The number of hydrogen-bond donors (Lipinski definition) is 1. The van der Waals surface area contributed by atoms with E-state index in [2.05, 4.69) is 55.0 Å². The Kier molecular flexibility index (Phi) is 6.96. The van der Waals surface area contributed by atoms with Crippen LogP contribution in [-0.4, -0.2) is 12.4 Å². The Morgan fingerprint density at radius 3 is 2.52 bits per heavy atom. The first-order chi connectivity index (χ1) is 13.0. The van der Waals surface area contributed by atoms with E-state index in [0.29, 0.717) is 17.9 Å². The van der Waals surface area contributed by atoms with E-state index < -0.39 is 0 Å². The van der Waals surface area contributed by atoms with Crippen molar-refractivity contribution < 1.29 is 4.74 Å². The summed E-state index contributed by atoms with van der Waals surface area (Å²) in [5, 5.41) is 12.7. The van der Waals surface area contributed by atoms with Crippen molar-refractivity contribution in [1.29, 1.82) is 5.26 Å². The van der Waals surface area contributed by atoms with Gasteiger partial charge in [0.15, 0.2) is 0 Å². The van der Waals surface area contributed by atoms with Gasteiger partial charge >= 0.3 is 0 Å². The van der Waals surface area contributed by atoms with Crippen LogP contribution in [-0.2, 0) is 0 Å². The van der Waals surface area contributed by atoms with Crippen LogP contribution in [0.3, 0.4) is 0 Å². The largest absolute Gasteiger partial charge is 0.492 e. The van der Waals surface area contributed by atoms with Crippen LogP contribution in [0.25, 0.3) is 5.70 Å². The lowest BCUT2D eigenvalue weighted by Gasteiger charge is -2.11. The van der Waals surface area contributed by atoms with Crippen LogP contribution in [0.5, 0.6) is 5.75 Å². The van der Waals surface area contributed by atoms with Gasteiger partial charge in [0.05, 0.1) is 17.9 Å². The number of amidine groups is 1. The Morgan fingerprint density at radius 1 is 1.22 bits per heavy atom. The molecule has 0 aromatic heterocycles. The number of hydrogen-bond acceptors (Lipinski definition) is 3. The molecule has 0 saturated carbocycles. The molecule has 0 aliphatic heterocycles. The number of benzene rings is 2. The molecule has 0 saturated heterocycles. The molecule has 0 atom stereocenters. The number of allylic oxidation sites excluding steroid dienone is 2. The fraction of sp³-hybridized carbons (Fsp3) is 0.217. The van der Waals surface area contributed by atoms with Crippen molar-refractivity contribution in [3.05, 3.63) is 77.4 Å². The summed E-state index contributed by atoms with van der Waals surface area (Å²) in [5.41, 5.74) is 5.42. The summed E-state index contributed by atoms with van der Waals surface area (Å²) in [6.45, 7) is 12.2. The van der Waals surface area contributed by atoms with Gasteiger partial charge in [-0.1, -0.05) is 18.7 Å². The number of anilines is 1. The van der Waals surface area contributed by atoms with Gasteiger partial charge in [-0.3, -0.25) is 0 Å². The summed E-state index contributed by atoms with van der Waals surface area (Å²) in [7, 11) is 0. The molecule has 0 radical (unpaired) electrons. The first-order valence-corrected chi connectivity index (χ1v) is 8.87. The van der Waals surface area contributed by atoms with Gasteiger partial charge in [-0.15, -0.1) is 0 Å². The van der Waals surface area contributed by atoms with E-state index in [1.54, 1.807) is 18.2 Å². The number of nitriles is 1. The van der Waals surface area contributed by atoms with Crippen LogP contribution in [0.15, 0.2) is 60.1 Å². The van der Waals surface area contributed by atoms with Gasteiger partial charge in [0, 0.05) is 11.3 Å². The molecule has 4 nitrogen and oxygen atoms in total. The summed E-state index contributed by atoms with van der Waals surface area (Å²) >= 11 is 0. The molecule has 138 valence electrons. The third-order valence-electron chi connectivity index (χ3n) is 3.81. The first kappa shape index (κ1) is 20.0. The molecule has 0 bridgehead atoms. The van der Waals surface area contributed by atoms with Crippen molar-refractivity contribution in [3.63, 3.8) is 0 Å². The summed E-state index contributed by atoms with van der Waals surface area (Å²) in [5.74, 6) is 1.33. The summed E-state index contributed by atoms with van der Waals surface area (Å²) < 4.78 is 5.49. The maximum Gasteiger partial charge on any atom is 0.137 e. The summed E-state index contributed by atoms with van der Waals surface area (Å²) in [6.07, 6.45) is 3.51. The summed E-state index contributed by atoms with van der Waals surface area (Å²) in [4.78, 5) is 4.69. The second kappa shape index (κ2) is 9.40. The van der Waals surface area contributed by atoms with Crippen molar-refractivity contribution in [2.75, 3.05) is 11.9 Å². The zero-order chi connectivity index (χ0) is 19.8. The minimum Gasteiger partial charge on any atom is -0.492 e. The second-order valence-electron chi connectivity index (χ2n) is 6.24. The highest BCUT2D eigenvalue weighted by Gasteiger charge is 2.08. The van der Waals surface area contributed by atoms with E-state index in [9.17, 15) is 5.26 Å². The second-order valence-corrected chi connectivity index (χ2v) is 6.24. The van der Waals surface area contributed by atoms with Gasteiger partial charge < -0.3 is 10.1 Å². The number of rotatable bonds is 6. The molecular formula is C23H25N3O. The predicted molar refractivity (Wildman–Crippen MR) is 113 cm³/mol. The van der Waals surface area contributed by atoms with Crippen LogP contribution in [0.1, 0.15) is 36.1 Å². The van der Waals surface area contributed by atoms with Crippen molar-refractivity contribution in [2.45, 2.75) is 27.7 Å². The van der Waals surface area contributed by atoms with Gasteiger partial charge in [0.1, 0.15) is 17.7 Å². The van der Waals surface area contributed by atoms with Crippen molar-refractivity contribution >= 4 is 17.2 Å². The van der Waals surface area contributed by atoms with Gasteiger partial charge in [-0.25, -0.2) is 4.99 Å². The van der Waals surface area contributed by atoms with Crippen LogP contribution < -0.4 is 10.1 Å². The zero-order valence-electron chi connectivity index (χ0n) is 16.3.